The highest BCUT2D eigenvalue weighted by Gasteiger charge is 2.26. The number of hydrogen-bond acceptors (Lipinski definition) is 4. The van der Waals surface area contributed by atoms with Crippen molar-refractivity contribution < 1.29 is 14.3 Å². The molecule has 2 fully saturated rings. The summed E-state index contributed by atoms with van der Waals surface area (Å²) in [5.41, 5.74) is -0.471. The molecule has 1 aliphatic carbocycles. The van der Waals surface area contributed by atoms with Crippen LogP contribution in [0.25, 0.3) is 0 Å². The highest BCUT2D eigenvalue weighted by Crippen LogP contribution is 2.24. The maximum Gasteiger partial charge on any atom is 0.410 e. The molecule has 0 aromatic heterocycles. The highest BCUT2D eigenvalue weighted by molar-refractivity contribution is 5.78. The van der Waals surface area contributed by atoms with Crippen molar-refractivity contribution in [2.45, 2.75) is 64.9 Å². The summed E-state index contributed by atoms with van der Waals surface area (Å²) in [6.45, 7) is 9.88. The molecule has 2 rings (SSSR count). The van der Waals surface area contributed by atoms with Gasteiger partial charge in [0, 0.05) is 39.8 Å². The first-order valence-corrected chi connectivity index (χ1v) is 10.2. The van der Waals surface area contributed by atoms with Gasteiger partial charge in [-0.2, -0.15) is 0 Å². The van der Waals surface area contributed by atoms with E-state index in [-0.39, 0.29) is 12.0 Å². The largest absolute Gasteiger partial charge is 0.444 e. The van der Waals surface area contributed by atoms with Crippen LogP contribution in [0.3, 0.4) is 0 Å². The van der Waals surface area contributed by atoms with Gasteiger partial charge in [-0.15, -0.1) is 0 Å². The fraction of sp³-hybridized carbons (Fsp3) is 0.900. The Morgan fingerprint density at radius 1 is 1.00 bits per heavy atom. The van der Waals surface area contributed by atoms with Gasteiger partial charge in [-0.05, 0) is 46.0 Å². The Morgan fingerprint density at radius 3 is 2.35 bits per heavy atom. The molecule has 6 heteroatoms. The average molecular weight is 368 g/mol. The molecule has 1 saturated carbocycles. The Balaban J connectivity index is 1.75. The second-order valence-electron chi connectivity index (χ2n) is 8.88. The van der Waals surface area contributed by atoms with Crippen molar-refractivity contribution in [3.63, 3.8) is 0 Å². The lowest BCUT2D eigenvalue weighted by Gasteiger charge is -2.29. The number of ether oxygens (including phenoxy) is 1. The summed E-state index contributed by atoms with van der Waals surface area (Å²) in [4.78, 5) is 30.7. The quantitative estimate of drug-likeness (QED) is 0.767. The van der Waals surface area contributed by atoms with E-state index >= 15 is 0 Å². The number of carbonyl (C=O) groups excluding carboxylic acids is 2. The van der Waals surface area contributed by atoms with Crippen molar-refractivity contribution in [2.75, 3.05) is 46.3 Å². The van der Waals surface area contributed by atoms with E-state index in [4.69, 9.17) is 4.74 Å². The Bertz CT molecular complexity index is 469. The monoisotopic (exact) mass is 367 g/mol. The summed E-state index contributed by atoms with van der Waals surface area (Å²) >= 11 is 0. The minimum Gasteiger partial charge on any atom is -0.444 e. The van der Waals surface area contributed by atoms with Crippen LogP contribution in [0, 0.1) is 5.92 Å². The molecular weight excluding hydrogens is 330 g/mol. The van der Waals surface area contributed by atoms with E-state index in [0.717, 1.165) is 26.1 Å². The Labute approximate surface area is 158 Å². The fourth-order valence-corrected chi connectivity index (χ4v) is 3.81. The number of carbonyl (C=O) groups is 2. The predicted molar refractivity (Wildman–Crippen MR) is 103 cm³/mol. The molecule has 0 spiro atoms. The third kappa shape index (κ3) is 7.14. The average Bonchev–Trinajstić information content (AvgIpc) is 2.80. The van der Waals surface area contributed by atoms with E-state index in [1.54, 1.807) is 4.90 Å². The third-order valence-electron chi connectivity index (χ3n) is 5.28. The molecule has 0 N–H and O–H groups in total. The molecule has 0 aromatic carbocycles. The molecule has 0 atom stereocenters. The second-order valence-corrected chi connectivity index (χ2v) is 8.88. The first-order valence-electron chi connectivity index (χ1n) is 10.2. The van der Waals surface area contributed by atoms with Crippen molar-refractivity contribution in [3.05, 3.63) is 0 Å². The van der Waals surface area contributed by atoms with Gasteiger partial charge in [0.15, 0.2) is 0 Å². The second kappa shape index (κ2) is 9.58. The van der Waals surface area contributed by atoms with Gasteiger partial charge in [0.1, 0.15) is 5.60 Å². The topological polar surface area (TPSA) is 53.1 Å². The smallest absolute Gasteiger partial charge is 0.410 e. The number of likely N-dealkylation sites (N-methyl/N-ethyl adjacent to an activating group) is 1. The molecule has 1 aliphatic heterocycles. The van der Waals surface area contributed by atoms with Gasteiger partial charge in [0.25, 0.3) is 0 Å². The first kappa shape index (κ1) is 21.0. The lowest BCUT2D eigenvalue weighted by Crippen LogP contribution is -2.42. The van der Waals surface area contributed by atoms with Crippen LogP contribution in [0.2, 0.25) is 0 Å². The number of nitrogens with zero attached hydrogens (tertiary/aromatic N) is 3. The zero-order chi connectivity index (χ0) is 19.2. The van der Waals surface area contributed by atoms with Crippen LogP contribution in [0.15, 0.2) is 0 Å². The Morgan fingerprint density at radius 2 is 1.69 bits per heavy atom. The molecule has 2 amide bonds. The van der Waals surface area contributed by atoms with Crippen molar-refractivity contribution in [1.29, 1.82) is 0 Å². The van der Waals surface area contributed by atoms with Crippen LogP contribution < -0.4 is 0 Å². The molecule has 0 radical (unpaired) electrons. The van der Waals surface area contributed by atoms with E-state index in [2.05, 4.69) is 4.90 Å². The molecule has 0 bridgehead atoms. The highest BCUT2D eigenvalue weighted by atomic mass is 16.6. The summed E-state index contributed by atoms with van der Waals surface area (Å²) < 4.78 is 5.47. The van der Waals surface area contributed by atoms with E-state index in [1.807, 2.05) is 32.7 Å². The minimum atomic E-state index is -0.471. The lowest BCUT2D eigenvalue weighted by atomic mass is 9.89. The van der Waals surface area contributed by atoms with Gasteiger partial charge in [0.05, 0.1) is 6.54 Å². The van der Waals surface area contributed by atoms with Crippen LogP contribution >= 0.6 is 0 Å². The molecule has 0 aromatic rings. The summed E-state index contributed by atoms with van der Waals surface area (Å²) in [6.07, 6.45) is 7.09. The van der Waals surface area contributed by atoms with Crippen molar-refractivity contribution >= 4 is 12.0 Å². The zero-order valence-electron chi connectivity index (χ0n) is 17.1. The summed E-state index contributed by atoms with van der Waals surface area (Å²) in [5, 5.41) is 0. The number of hydrogen-bond donors (Lipinski definition) is 0. The molecule has 1 heterocycles. The molecular formula is C20H37N3O3. The van der Waals surface area contributed by atoms with Crippen molar-refractivity contribution in [2.24, 2.45) is 5.92 Å². The molecule has 2 aliphatic rings. The maximum absolute atomic E-state index is 12.6. The van der Waals surface area contributed by atoms with Crippen LogP contribution in [0.4, 0.5) is 4.79 Å². The van der Waals surface area contributed by atoms with Crippen LogP contribution in [-0.4, -0.2) is 78.6 Å². The van der Waals surface area contributed by atoms with E-state index in [1.165, 1.54) is 32.1 Å². The van der Waals surface area contributed by atoms with E-state index in [9.17, 15) is 9.59 Å². The van der Waals surface area contributed by atoms with Crippen molar-refractivity contribution in [3.8, 4) is 0 Å². The summed E-state index contributed by atoms with van der Waals surface area (Å²) in [6, 6.07) is 0. The number of amides is 2. The molecule has 150 valence electrons. The summed E-state index contributed by atoms with van der Waals surface area (Å²) in [7, 11) is 1.93. The standard InChI is InChI=1S/C20H37N3O3/c1-20(2,3)26-19(25)23-12-8-11-22(13-14-23)16-18(24)21(4)15-17-9-6-5-7-10-17/h17H,5-16H2,1-4H3. The molecule has 1 saturated heterocycles. The van der Waals surface area contributed by atoms with Crippen LogP contribution in [0.1, 0.15) is 59.3 Å². The van der Waals surface area contributed by atoms with Gasteiger partial charge in [-0.1, -0.05) is 19.3 Å². The molecule has 26 heavy (non-hydrogen) atoms. The van der Waals surface area contributed by atoms with Gasteiger partial charge in [-0.3, -0.25) is 9.69 Å². The van der Waals surface area contributed by atoms with Crippen LogP contribution in [0.5, 0.6) is 0 Å². The zero-order valence-corrected chi connectivity index (χ0v) is 17.1. The van der Waals surface area contributed by atoms with Gasteiger partial charge in [-0.25, -0.2) is 4.79 Å². The predicted octanol–water partition coefficient (Wildman–Crippen LogP) is 2.97. The Hall–Kier alpha value is -1.30. The van der Waals surface area contributed by atoms with Gasteiger partial charge < -0.3 is 14.5 Å². The van der Waals surface area contributed by atoms with Crippen LogP contribution in [-0.2, 0) is 9.53 Å². The first-order chi connectivity index (χ1) is 12.2. The Kier molecular flexibility index (Phi) is 7.74. The molecule has 6 nitrogen and oxygen atoms in total. The van der Waals surface area contributed by atoms with Gasteiger partial charge >= 0.3 is 6.09 Å². The SMILES string of the molecule is CN(CC1CCCCC1)C(=O)CN1CCCN(C(=O)OC(C)(C)C)CC1. The van der Waals surface area contributed by atoms with Crippen molar-refractivity contribution in [1.82, 2.24) is 14.7 Å². The lowest BCUT2D eigenvalue weighted by molar-refractivity contribution is -0.131. The summed E-state index contributed by atoms with van der Waals surface area (Å²) in [5.74, 6) is 0.866. The number of rotatable bonds is 4. The van der Waals surface area contributed by atoms with E-state index < -0.39 is 5.60 Å². The fourth-order valence-electron chi connectivity index (χ4n) is 3.81. The van der Waals surface area contributed by atoms with E-state index in [0.29, 0.717) is 25.6 Å². The minimum absolute atomic E-state index is 0.196. The third-order valence-corrected chi connectivity index (χ3v) is 5.28. The maximum atomic E-state index is 12.6. The normalized spacial score (nSPS) is 20.5. The van der Waals surface area contributed by atoms with Gasteiger partial charge in [0.2, 0.25) is 5.91 Å². The molecule has 0 unspecified atom stereocenters.